The monoisotopic (exact) mass is 393 g/mol. The molecule has 0 aliphatic carbocycles. The van der Waals surface area contributed by atoms with Crippen molar-refractivity contribution in [2.75, 3.05) is 0 Å². The van der Waals surface area contributed by atoms with Crippen LogP contribution in [0.1, 0.15) is 5.56 Å². The minimum atomic E-state index is -0.495. The van der Waals surface area contributed by atoms with Crippen LogP contribution in [0, 0.1) is 10.1 Å². The van der Waals surface area contributed by atoms with Crippen molar-refractivity contribution in [3.8, 4) is 0 Å². The van der Waals surface area contributed by atoms with E-state index in [0.717, 1.165) is 4.57 Å². The maximum atomic E-state index is 12.4. The van der Waals surface area contributed by atoms with Crippen molar-refractivity contribution in [2.45, 2.75) is 6.54 Å². The molecule has 124 valence electrons. The van der Waals surface area contributed by atoms with Crippen molar-refractivity contribution < 1.29 is 4.92 Å². The summed E-state index contributed by atoms with van der Waals surface area (Å²) in [5, 5.41) is 11.2. The third kappa shape index (κ3) is 2.44. The zero-order valence-corrected chi connectivity index (χ0v) is 14.3. The van der Waals surface area contributed by atoms with Gasteiger partial charge in [-0.2, -0.15) is 0 Å². The Bertz CT molecular complexity index is 1090. The quantitative estimate of drug-likeness (QED) is 0.490. The molecular weight excluding hydrogens is 382 g/mol. The Morgan fingerprint density at radius 1 is 1.25 bits per heavy atom. The van der Waals surface area contributed by atoms with Crippen molar-refractivity contribution in [1.82, 2.24) is 18.7 Å². The largest absolute Gasteiger partial charge is 0.332 e. The Balaban J connectivity index is 2.22. The summed E-state index contributed by atoms with van der Waals surface area (Å²) in [6, 6.07) is 4.71. The van der Waals surface area contributed by atoms with E-state index in [1.807, 2.05) is 0 Å². The first-order chi connectivity index (χ1) is 11.3. The van der Waals surface area contributed by atoms with Crippen LogP contribution >= 0.6 is 15.9 Å². The van der Waals surface area contributed by atoms with Gasteiger partial charge in [0, 0.05) is 30.2 Å². The number of imidazole rings is 1. The van der Waals surface area contributed by atoms with E-state index in [1.54, 1.807) is 12.1 Å². The van der Waals surface area contributed by atoms with E-state index in [9.17, 15) is 19.7 Å². The van der Waals surface area contributed by atoms with Crippen molar-refractivity contribution >= 4 is 32.8 Å². The fourth-order valence-corrected chi connectivity index (χ4v) is 2.89. The Hall–Kier alpha value is -2.75. The van der Waals surface area contributed by atoms with Crippen LogP contribution in [0.15, 0.2) is 38.6 Å². The van der Waals surface area contributed by atoms with Crippen LogP contribution in [0.4, 0.5) is 5.69 Å². The number of hydrogen-bond acceptors (Lipinski definition) is 5. The third-order valence-electron chi connectivity index (χ3n) is 3.80. The highest BCUT2D eigenvalue weighted by atomic mass is 79.9. The van der Waals surface area contributed by atoms with Gasteiger partial charge in [-0.1, -0.05) is 15.9 Å². The molecule has 0 atom stereocenters. The average molecular weight is 394 g/mol. The second-order valence-electron chi connectivity index (χ2n) is 5.28. The van der Waals surface area contributed by atoms with Gasteiger partial charge in [-0.3, -0.25) is 24.0 Å². The highest BCUT2D eigenvalue weighted by Gasteiger charge is 2.18. The lowest BCUT2D eigenvalue weighted by Gasteiger charge is -2.07. The van der Waals surface area contributed by atoms with Gasteiger partial charge in [-0.25, -0.2) is 9.78 Å². The number of benzene rings is 1. The van der Waals surface area contributed by atoms with Crippen molar-refractivity contribution in [1.29, 1.82) is 0 Å². The lowest BCUT2D eigenvalue weighted by atomic mass is 10.2. The first-order valence-electron chi connectivity index (χ1n) is 6.85. The van der Waals surface area contributed by atoms with Gasteiger partial charge in [0.05, 0.1) is 17.8 Å². The van der Waals surface area contributed by atoms with Crippen LogP contribution in [0.25, 0.3) is 11.2 Å². The molecule has 2 heterocycles. The molecule has 0 aliphatic rings. The van der Waals surface area contributed by atoms with Crippen LogP contribution in [-0.4, -0.2) is 23.6 Å². The van der Waals surface area contributed by atoms with Crippen molar-refractivity contribution in [2.24, 2.45) is 14.1 Å². The first kappa shape index (κ1) is 16.1. The molecule has 3 aromatic rings. The Morgan fingerprint density at radius 2 is 1.96 bits per heavy atom. The molecule has 0 aliphatic heterocycles. The SMILES string of the molecule is Cn1c(=O)c2c(ncn2Cc2ccc(Br)cc2[N+](=O)[O-])n(C)c1=O. The van der Waals surface area contributed by atoms with Gasteiger partial charge in [0.25, 0.3) is 11.2 Å². The number of nitro groups is 1. The van der Waals surface area contributed by atoms with Gasteiger partial charge in [0.15, 0.2) is 11.2 Å². The fourth-order valence-electron chi connectivity index (χ4n) is 2.54. The molecule has 3 rings (SSSR count). The smallest absolute Gasteiger partial charge is 0.320 e. The summed E-state index contributed by atoms with van der Waals surface area (Å²) in [5.74, 6) is 0. The molecule has 0 amide bonds. The van der Waals surface area contributed by atoms with Gasteiger partial charge in [-0.05, 0) is 12.1 Å². The van der Waals surface area contributed by atoms with E-state index >= 15 is 0 Å². The van der Waals surface area contributed by atoms with Crippen LogP contribution < -0.4 is 11.2 Å². The normalized spacial score (nSPS) is 11.1. The maximum Gasteiger partial charge on any atom is 0.332 e. The Kier molecular flexibility index (Phi) is 3.84. The van der Waals surface area contributed by atoms with Gasteiger partial charge in [0.1, 0.15) is 0 Å². The number of fused-ring (bicyclic) bond motifs is 1. The molecular formula is C14H12BrN5O4. The summed E-state index contributed by atoms with van der Waals surface area (Å²) in [6.07, 6.45) is 1.40. The minimum absolute atomic E-state index is 0.0622. The molecule has 0 radical (unpaired) electrons. The molecule has 2 aromatic heterocycles. The van der Waals surface area contributed by atoms with Crippen LogP contribution in [0.2, 0.25) is 0 Å². The number of aryl methyl sites for hydroxylation is 1. The summed E-state index contributed by atoms with van der Waals surface area (Å²) in [4.78, 5) is 39.2. The van der Waals surface area contributed by atoms with Gasteiger partial charge < -0.3 is 4.57 Å². The van der Waals surface area contributed by atoms with Gasteiger partial charge in [-0.15, -0.1) is 0 Å². The maximum absolute atomic E-state index is 12.4. The van der Waals surface area contributed by atoms with E-state index in [2.05, 4.69) is 20.9 Å². The second-order valence-corrected chi connectivity index (χ2v) is 6.20. The highest BCUT2D eigenvalue weighted by molar-refractivity contribution is 9.10. The Morgan fingerprint density at radius 3 is 2.62 bits per heavy atom. The zero-order chi connectivity index (χ0) is 17.6. The summed E-state index contributed by atoms with van der Waals surface area (Å²) in [6.45, 7) is 0.0908. The van der Waals surface area contributed by atoms with Crippen molar-refractivity contribution in [3.05, 3.63) is 65.5 Å². The molecule has 24 heavy (non-hydrogen) atoms. The molecule has 0 fully saturated rings. The predicted octanol–water partition coefficient (Wildman–Crippen LogP) is 1.15. The fraction of sp³-hybridized carbons (Fsp3) is 0.214. The minimum Gasteiger partial charge on any atom is -0.320 e. The van der Waals surface area contributed by atoms with E-state index in [0.29, 0.717) is 10.0 Å². The zero-order valence-electron chi connectivity index (χ0n) is 12.8. The highest BCUT2D eigenvalue weighted by Crippen LogP contribution is 2.24. The average Bonchev–Trinajstić information content (AvgIpc) is 2.96. The second kappa shape index (κ2) is 5.71. The molecule has 0 unspecified atom stereocenters. The van der Waals surface area contributed by atoms with Crippen LogP contribution in [-0.2, 0) is 20.6 Å². The lowest BCUT2D eigenvalue weighted by Crippen LogP contribution is -2.37. The van der Waals surface area contributed by atoms with Gasteiger partial charge in [0.2, 0.25) is 0 Å². The summed E-state index contributed by atoms with van der Waals surface area (Å²) in [5.41, 5.74) is -0.149. The molecule has 0 spiro atoms. The number of rotatable bonds is 3. The van der Waals surface area contributed by atoms with Gasteiger partial charge >= 0.3 is 5.69 Å². The standard InChI is InChI=1S/C14H12BrN5O4/c1-17-12-11(13(21)18(2)14(17)22)19(7-16-12)6-8-3-4-9(15)5-10(8)20(23)24/h3-5,7H,6H2,1-2H3. The van der Waals surface area contributed by atoms with Crippen LogP contribution in [0.5, 0.6) is 0 Å². The molecule has 0 saturated carbocycles. The molecule has 1 aromatic carbocycles. The Labute approximate surface area is 143 Å². The topological polar surface area (TPSA) is 105 Å². The first-order valence-corrected chi connectivity index (χ1v) is 7.64. The number of halogens is 1. The van der Waals surface area contributed by atoms with E-state index < -0.39 is 16.2 Å². The number of nitrogens with zero attached hydrogens (tertiary/aromatic N) is 5. The molecule has 0 N–H and O–H groups in total. The number of aromatic nitrogens is 4. The lowest BCUT2D eigenvalue weighted by molar-refractivity contribution is -0.385. The molecule has 0 bridgehead atoms. The third-order valence-corrected chi connectivity index (χ3v) is 4.30. The molecule has 10 heteroatoms. The summed E-state index contributed by atoms with van der Waals surface area (Å²) >= 11 is 3.21. The van der Waals surface area contributed by atoms with E-state index in [-0.39, 0.29) is 23.4 Å². The molecule has 9 nitrogen and oxygen atoms in total. The van der Waals surface area contributed by atoms with Crippen LogP contribution in [0.3, 0.4) is 0 Å². The summed E-state index contributed by atoms with van der Waals surface area (Å²) < 4.78 is 4.35. The predicted molar refractivity (Wildman–Crippen MR) is 90.1 cm³/mol. The van der Waals surface area contributed by atoms with E-state index in [4.69, 9.17) is 0 Å². The van der Waals surface area contributed by atoms with Crippen molar-refractivity contribution in [3.63, 3.8) is 0 Å². The summed E-state index contributed by atoms with van der Waals surface area (Å²) in [7, 11) is 2.90. The molecule has 0 saturated heterocycles. The number of hydrogen-bond donors (Lipinski definition) is 0. The number of nitro benzene ring substituents is 1. The van der Waals surface area contributed by atoms with E-state index in [1.165, 1.54) is 35.6 Å².